The van der Waals surface area contributed by atoms with E-state index in [1.807, 2.05) is 18.2 Å². The molecule has 0 aromatic rings. The van der Waals surface area contributed by atoms with E-state index in [1.54, 1.807) is 0 Å². The Hall–Kier alpha value is -1.38. The average Bonchev–Trinajstić information content (AvgIpc) is 2.64. The molecule has 3 atom stereocenters. The SMILES string of the molecule is O=C1OC(=O)C2C3C=CC(=C3)C12. The van der Waals surface area contributed by atoms with Crippen LogP contribution >= 0.6 is 0 Å². The number of ether oxygens (including phenoxy) is 1. The summed E-state index contributed by atoms with van der Waals surface area (Å²) in [4.78, 5) is 22.3. The topological polar surface area (TPSA) is 43.4 Å². The summed E-state index contributed by atoms with van der Waals surface area (Å²) in [6.45, 7) is 0. The third-order valence-electron chi connectivity index (χ3n) is 2.76. The zero-order chi connectivity index (χ0) is 8.29. The first-order valence-corrected chi connectivity index (χ1v) is 3.93. The van der Waals surface area contributed by atoms with Crippen LogP contribution < -0.4 is 0 Å². The molecule has 0 aromatic carbocycles. The van der Waals surface area contributed by atoms with Crippen molar-refractivity contribution in [2.45, 2.75) is 0 Å². The fourth-order valence-electron chi connectivity index (χ4n) is 2.22. The van der Waals surface area contributed by atoms with Gasteiger partial charge in [-0.05, 0) is 5.57 Å². The minimum atomic E-state index is -0.372. The Labute approximate surface area is 68.7 Å². The smallest absolute Gasteiger partial charge is 0.321 e. The number of hydrogen-bond donors (Lipinski definition) is 0. The highest BCUT2D eigenvalue weighted by molar-refractivity contribution is 6.00. The summed E-state index contributed by atoms with van der Waals surface area (Å²) in [7, 11) is 0. The lowest BCUT2D eigenvalue weighted by molar-refractivity contribution is -0.153. The summed E-state index contributed by atoms with van der Waals surface area (Å²) in [5.74, 6) is -1.14. The minimum Gasteiger partial charge on any atom is -0.392 e. The molecule has 1 fully saturated rings. The average molecular weight is 162 g/mol. The van der Waals surface area contributed by atoms with Gasteiger partial charge in [-0.15, -0.1) is 0 Å². The molecule has 2 bridgehead atoms. The predicted molar refractivity (Wildman–Crippen MR) is 38.8 cm³/mol. The zero-order valence-electron chi connectivity index (χ0n) is 6.19. The molecule has 2 aliphatic carbocycles. The van der Waals surface area contributed by atoms with Gasteiger partial charge in [0.1, 0.15) is 0 Å². The molecular formula is C9H6O3. The molecule has 0 spiro atoms. The van der Waals surface area contributed by atoms with E-state index in [-0.39, 0.29) is 29.7 Å². The van der Waals surface area contributed by atoms with Crippen LogP contribution in [0.4, 0.5) is 0 Å². The van der Waals surface area contributed by atoms with E-state index in [9.17, 15) is 9.59 Å². The molecule has 0 N–H and O–H groups in total. The number of esters is 2. The summed E-state index contributed by atoms with van der Waals surface area (Å²) in [5, 5.41) is 0. The molecule has 3 aliphatic rings. The van der Waals surface area contributed by atoms with E-state index < -0.39 is 0 Å². The normalized spacial score (nSPS) is 41.7. The molecule has 1 aliphatic heterocycles. The minimum absolute atomic E-state index is 0.115. The monoisotopic (exact) mass is 162 g/mol. The predicted octanol–water partition coefficient (Wildman–Crippen LogP) is 0.428. The van der Waals surface area contributed by atoms with Crippen LogP contribution in [0.2, 0.25) is 0 Å². The number of hydrogen-bond acceptors (Lipinski definition) is 3. The van der Waals surface area contributed by atoms with Gasteiger partial charge >= 0.3 is 11.9 Å². The van der Waals surface area contributed by atoms with Crippen molar-refractivity contribution < 1.29 is 14.3 Å². The second-order valence-corrected chi connectivity index (χ2v) is 3.35. The van der Waals surface area contributed by atoms with Crippen molar-refractivity contribution >= 4 is 11.9 Å². The van der Waals surface area contributed by atoms with E-state index in [4.69, 9.17) is 0 Å². The summed E-state index contributed by atoms with van der Waals surface area (Å²) >= 11 is 0. The van der Waals surface area contributed by atoms with Gasteiger partial charge in [0.15, 0.2) is 0 Å². The molecule has 1 saturated heterocycles. The molecule has 3 heteroatoms. The van der Waals surface area contributed by atoms with Gasteiger partial charge in [0.2, 0.25) is 0 Å². The van der Waals surface area contributed by atoms with E-state index in [1.165, 1.54) is 0 Å². The van der Waals surface area contributed by atoms with Crippen LogP contribution in [0.5, 0.6) is 0 Å². The van der Waals surface area contributed by atoms with Crippen LogP contribution in [0.25, 0.3) is 0 Å². The molecule has 1 heterocycles. The number of fused-ring (bicyclic) bond motifs is 4. The van der Waals surface area contributed by atoms with Crippen molar-refractivity contribution in [2.24, 2.45) is 17.8 Å². The number of carbonyl (C=O) groups excluding carboxylic acids is 2. The Balaban J connectivity index is 2.13. The third-order valence-corrected chi connectivity index (χ3v) is 2.76. The highest BCUT2D eigenvalue weighted by Gasteiger charge is 2.53. The van der Waals surface area contributed by atoms with Gasteiger partial charge in [0.25, 0.3) is 0 Å². The number of allylic oxidation sites excluding steroid dienone is 3. The van der Waals surface area contributed by atoms with Gasteiger partial charge in [-0.25, -0.2) is 0 Å². The molecule has 0 amide bonds. The lowest BCUT2D eigenvalue weighted by Gasteiger charge is -2.12. The first kappa shape index (κ1) is 6.17. The van der Waals surface area contributed by atoms with E-state index in [2.05, 4.69) is 4.74 Å². The second kappa shape index (κ2) is 1.68. The second-order valence-electron chi connectivity index (χ2n) is 3.35. The van der Waals surface area contributed by atoms with Crippen LogP contribution in [-0.2, 0) is 14.3 Å². The Morgan fingerprint density at radius 2 is 2.08 bits per heavy atom. The highest BCUT2D eigenvalue weighted by atomic mass is 16.6. The van der Waals surface area contributed by atoms with Crippen molar-refractivity contribution in [1.82, 2.24) is 0 Å². The maximum atomic E-state index is 11.1. The molecular weight excluding hydrogens is 156 g/mol. The molecule has 0 aromatic heterocycles. The van der Waals surface area contributed by atoms with Crippen molar-refractivity contribution in [3.63, 3.8) is 0 Å². The first-order chi connectivity index (χ1) is 5.77. The van der Waals surface area contributed by atoms with E-state index >= 15 is 0 Å². The summed E-state index contributed by atoms with van der Waals surface area (Å²) in [5.41, 5.74) is 0.959. The standard InChI is InChI=1S/C9H6O3/c10-8-6-4-1-2-5(3-4)7(6)9(11)12-8/h1-4,6-7H. The summed E-state index contributed by atoms with van der Waals surface area (Å²) < 4.78 is 4.55. The maximum absolute atomic E-state index is 11.1. The Bertz CT molecular complexity index is 351. The van der Waals surface area contributed by atoms with Gasteiger partial charge in [-0.2, -0.15) is 0 Å². The van der Waals surface area contributed by atoms with Crippen LogP contribution in [0.1, 0.15) is 0 Å². The quantitative estimate of drug-likeness (QED) is 0.383. The van der Waals surface area contributed by atoms with Crippen molar-refractivity contribution in [3.05, 3.63) is 23.8 Å². The number of carbonyl (C=O) groups is 2. The highest BCUT2D eigenvalue weighted by Crippen LogP contribution is 2.47. The molecule has 0 saturated carbocycles. The van der Waals surface area contributed by atoms with Crippen molar-refractivity contribution in [3.8, 4) is 0 Å². The molecule has 12 heavy (non-hydrogen) atoms. The first-order valence-electron chi connectivity index (χ1n) is 3.93. The van der Waals surface area contributed by atoms with Crippen LogP contribution in [0.3, 0.4) is 0 Å². The van der Waals surface area contributed by atoms with Crippen molar-refractivity contribution in [1.29, 1.82) is 0 Å². The molecule has 60 valence electrons. The maximum Gasteiger partial charge on any atom is 0.321 e. The third kappa shape index (κ3) is 0.501. The Morgan fingerprint density at radius 1 is 1.25 bits per heavy atom. The van der Waals surface area contributed by atoms with Gasteiger partial charge in [0, 0.05) is 5.92 Å². The largest absolute Gasteiger partial charge is 0.392 e. The Kier molecular flexibility index (Phi) is 0.865. The molecule has 0 radical (unpaired) electrons. The molecule has 3 unspecified atom stereocenters. The Morgan fingerprint density at radius 3 is 2.83 bits per heavy atom. The van der Waals surface area contributed by atoms with Gasteiger partial charge in [0.05, 0.1) is 11.8 Å². The van der Waals surface area contributed by atoms with Gasteiger partial charge < -0.3 is 4.74 Å². The van der Waals surface area contributed by atoms with E-state index in [0.717, 1.165) is 5.57 Å². The molecule has 3 nitrogen and oxygen atoms in total. The lowest BCUT2D eigenvalue weighted by Crippen LogP contribution is -2.21. The van der Waals surface area contributed by atoms with Crippen molar-refractivity contribution in [2.75, 3.05) is 0 Å². The zero-order valence-corrected chi connectivity index (χ0v) is 6.19. The van der Waals surface area contributed by atoms with Gasteiger partial charge in [-0.1, -0.05) is 18.2 Å². The molecule has 3 rings (SSSR count). The summed E-state index contributed by atoms with van der Waals surface area (Å²) in [6.07, 6.45) is 5.84. The van der Waals surface area contributed by atoms with E-state index in [0.29, 0.717) is 0 Å². The van der Waals surface area contributed by atoms with Crippen LogP contribution in [0, 0.1) is 17.8 Å². The van der Waals surface area contributed by atoms with Gasteiger partial charge in [-0.3, -0.25) is 9.59 Å². The number of rotatable bonds is 0. The van der Waals surface area contributed by atoms with Crippen LogP contribution in [0.15, 0.2) is 23.8 Å². The van der Waals surface area contributed by atoms with Crippen LogP contribution in [-0.4, -0.2) is 11.9 Å². The number of cyclic esters (lactones) is 2. The fourth-order valence-corrected chi connectivity index (χ4v) is 2.22. The lowest BCUT2D eigenvalue weighted by atomic mass is 9.84. The fraction of sp³-hybridized carbons (Fsp3) is 0.333. The summed E-state index contributed by atoms with van der Waals surface area (Å²) in [6, 6.07) is 0.